The van der Waals surface area contributed by atoms with Crippen LogP contribution in [0.5, 0.6) is 5.88 Å². The standard InChI is InChI=1S/C17H28N4O3/c1-3-4-11-21-16(23)14(15(22)19-17(21)24)13(2)18-8-12-20-9-6-5-7-10-20/h23H,3-12H2,1-2H3,(H,19,22,24). The summed E-state index contributed by atoms with van der Waals surface area (Å²) in [6, 6.07) is 0. The molecule has 0 bridgehead atoms. The second-order valence-electron chi connectivity index (χ2n) is 6.47. The molecule has 1 aliphatic heterocycles. The highest BCUT2D eigenvalue weighted by Gasteiger charge is 2.13. The van der Waals surface area contributed by atoms with Gasteiger partial charge >= 0.3 is 5.69 Å². The van der Waals surface area contributed by atoms with E-state index in [1.807, 2.05) is 6.92 Å². The van der Waals surface area contributed by atoms with Crippen molar-refractivity contribution in [3.05, 3.63) is 26.4 Å². The molecule has 0 unspecified atom stereocenters. The Morgan fingerprint density at radius 3 is 2.67 bits per heavy atom. The molecule has 2 N–H and O–H groups in total. The summed E-state index contributed by atoms with van der Waals surface area (Å²) in [6.45, 7) is 7.83. The Labute approximate surface area is 142 Å². The van der Waals surface area contributed by atoms with Crippen molar-refractivity contribution in [2.75, 3.05) is 26.2 Å². The minimum absolute atomic E-state index is 0.000604. The van der Waals surface area contributed by atoms with E-state index in [4.69, 9.17) is 0 Å². The number of hydrogen-bond acceptors (Lipinski definition) is 4. The van der Waals surface area contributed by atoms with Crippen LogP contribution in [0.3, 0.4) is 0 Å². The summed E-state index contributed by atoms with van der Waals surface area (Å²) in [4.78, 5) is 32.1. The zero-order chi connectivity index (χ0) is 17.5. The Kier molecular flexibility index (Phi) is 6.78. The van der Waals surface area contributed by atoms with Crippen molar-refractivity contribution in [3.63, 3.8) is 0 Å². The first-order valence-corrected chi connectivity index (χ1v) is 8.93. The van der Waals surface area contributed by atoms with Crippen molar-refractivity contribution in [1.29, 1.82) is 0 Å². The maximum absolute atomic E-state index is 12.5. The highest BCUT2D eigenvalue weighted by Crippen LogP contribution is 2.08. The van der Waals surface area contributed by atoms with Gasteiger partial charge in [0, 0.05) is 12.3 Å². The van der Waals surface area contributed by atoms with Gasteiger partial charge in [0.1, 0.15) is 0 Å². The molecule has 0 aromatic carbocycles. The Morgan fingerprint density at radius 2 is 2.00 bits per heavy atom. The smallest absolute Gasteiger partial charge is 0.327 e. The molecule has 0 saturated carbocycles. The molecule has 0 atom stereocenters. The lowest BCUT2D eigenvalue weighted by molar-refractivity contribution is -0.903. The van der Waals surface area contributed by atoms with E-state index in [0.29, 0.717) is 18.8 Å². The Bertz CT molecular complexity index is 684. The summed E-state index contributed by atoms with van der Waals surface area (Å²) >= 11 is 0. The number of likely N-dealkylation sites (tertiary alicyclic amines) is 1. The number of aromatic amines is 1. The van der Waals surface area contributed by atoms with Gasteiger partial charge in [-0.2, -0.15) is 0 Å². The molecular formula is C17H28N4O3. The van der Waals surface area contributed by atoms with Gasteiger partial charge in [-0.1, -0.05) is 13.3 Å². The zero-order valence-electron chi connectivity index (χ0n) is 14.7. The van der Waals surface area contributed by atoms with Gasteiger partial charge in [0.15, 0.2) is 0 Å². The average molecular weight is 336 g/mol. The Hall–Kier alpha value is -1.89. The van der Waals surface area contributed by atoms with Gasteiger partial charge in [-0.3, -0.25) is 14.8 Å². The first-order valence-electron chi connectivity index (χ1n) is 8.93. The van der Waals surface area contributed by atoms with E-state index in [1.54, 1.807) is 6.92 Å². The Morgan fingerprint density at radius 1 is 1.29 bits per heavy atom. The number of aromatic nitrogens is 2. The Balaban J connectivity index is 2.15. The molecule has 2 heterocycles. The van der Waals surface area contributed by atoms with Crippen LogP contribution < -0.4 is 21.3 Å². The number of H-pyrrole nitrogens is 1. The molecule has 1 saturated heterocycles. The van der Waals surface area contributed by atoms with E-state index >= 15 is 0 Å². The fraction of sp³-hybridized carbons (Fsp3) is 0.706. The largest absolute Gasteiger partial charge is 0.859 e. The lowest BCUT2D eigenvalue weighted by Crippen LogP contribution is -3.13. The first kappa shape index (κ1) is 18.4. The summed E-state index contributed by atoms with van der Waals surface area (Å²) in [5.74, 6) is -0.524. The molecule has 2 rings (SSSR count). The number of hydrogen-bond donors (Lipinski definition) is 2. The van der Waals surface area contributed by atoms with E-state index in [1.165, 1.54) is 37.3 Å². The maximum Gasteiger partial charge on any atom is 0.327 e. The summed E-state index contributed by atoms with van der Waals surface area (Å²) in [7, 11) is 0. The molecule has 1 aliphatic rings. The van der Waals surface area contributed by atoms with E-state index < -0.39 is 17.1 Å². The summed E-state index contributed by atoms with van der Waals surface area (Å²) < 4.78 is 1.11. The van der Waals surface area contributed by atoms with Crippen LogP contribution in [0.15, 0.2) is 14.6 Å². The van der Waals surface area contributed by atoms with Crippen molar-refractivity contribution < 1.29 is 10.0 Å². The van der Waals surface area contributed by atoms with Gasteiger partial charge in [0.25, 0.3) is 5.56 Å². The van der Waals surface area contributed by atoms with Crippen LogP contribution >= 0.6 is 0 Å². The maximum atomic E-state index is 12.5. The molecule has 7 nitrogen and oxygen atoms in total. The monoisotopic (exact) mass is 336 g/mol. The quantitative estimate of drug-likeness (QED) is 0.644. The van der Waals surface area contributed by atoms with Crippen molar-refractivity contribution in [2.45, 2.75) is 52.5 Å². The number of piperidine rings is 1. The van der Waals surface area contributed by atoms with E-state index in [-0.39, 0.29) is 5.56 Å². The topological polar surface area (TPSA) is 94.7 Å². The summed E-state index contributed by atoms with van der Waals surface area (Å²) in [5, 5.41) is 12.5. The van der Waals surface area contributed by atoms with Gasteiger partial charge in [-0.25, -0.2) is 4.79 Å². The van der Waals surface area contributed by atoms with Gasteiger partial charge < -0.3 is 14.6 Å². The van der Waals surface area contributed by atoms with Crippen molar-refractivity contribution in [3.8, 4) is 5.88 Å². The molecule has 0 radical (unpaired) electrons. The second kappa shape index (κ2) is 8.82. The molecular weight excluding hydrogens is 308 g/mol. The number of aliphatic imine (C=N–C) groups is 1. The van der Waals surface area contributed by atoms with Gasteiger partial charge in [-0.15, -0.1) is 0 Å². The van der Waals surface area contributed by atoms with Crippen LogP contribution in [-0.4, -0.2) is 41.4 Å². The minimum Gasteiger partial charge on any atom is -0.859 e. The third kappa shape index (κ3) is 4.56. The highest BCUT2D eigenvalue weighted by molar-refractivity contribution is 6.00. The normalized spacial score (nSPS) is 16.5. The van der Waals surface area contributed by atoms with Crippen LogP contribution in [0.1, 0.15) is 51.5 Å². The minimum atomic E-state index is -0.635. The second-order valence-corrected chi connectivity index (χ2v) is 6.47. The first-order chi connectivity index (χ1) is 11.5. The van der Waals surface area contributed by atoms with E-state index in [2.05, 4.69) is 9.98 Å². The molecule has 7 heteroatoms. The van der Waals surface area contributed by atoms with Gasteiger partial charge in [-0.05, 0) is 38.5 Å². The molecule has 0 aliphatic carbocycles. The molecule has 0 spiro atoms. The fourth-order valence-electron chi connectivity index (χ4n) is 3.15. The van der Waals surface area contributed by atoms with Crippen LogP contribution in [0.2, 0.25) is 0 Å². The van der Waals surface area contributed by atoms with Crippen molar-refractivity contribution >= 4 is 5.71 Å². The molecule has 1 aromatic heterocycles. The molecule has 0 amide bonds. The van der Waals surface area contributed by atoms with Crippen LogP contribution in [0.4, 0.5) is 0 Å². The fourth-order valence-corrected chi connectivity index (χ4v) is 3.15. The SMILES string of the molecule is CCCCn1c([O-])c(C(C)=NCC[NH+]2CCCCC2)c(=O)[nH]c1=O. The van der Waals surface area contributed by atoms with Crippen molar-refractivity contribution in [1.82, 2.24) is 9.55 Å². The molecule has 24 heavy (non-hydrogen) atoms. The van der Waals surface area contributed by atoms with Crippen LogP contribution in [-0.2, 0) is 6.54 Å². The number of nitrogens with one attached hydrogen (secondary N) is 2. The lowest BCUT2D eigenvalue weighted by atomic mass is 10.1. The molecule has 1 fully saturated rings. The number of quaternary nitrogens is 1. The third-order valence-corrected chi connectivity index (χ3v) is 4.62. The molecule has 1 aromatic rings. The zero-order valence-corrected chi connectivity index (χ0v) is 14.7. The predicted molar refractivity (Wildman–Crippen MR) is 92.2 cm³/mol. The predicted octanol–water partition coefficient (Wildman–Crippen LogP) is -0.712. The van der Waals surface area contributed by atoms with Crippen molar-refractivity contribution in [2.24, 2.45) is 4.99 Å². The number of nitrogens with zero attached hydrogens (tertiary/aromatic N) is 2. The number of rotatable bonds is 7. The van der Waals surface area contributed by atoms with Crippen LogP contribution in [0.25, 0.3) is 0 Å². The van der Waals surface area contributed by atoms with Gasteiger partial charge in [0.2, 0.25) is 0 Å². The van der Waals surface area contributed by atoms with Crippen LogP contribution in [0, 0.1) is 0 Å². The average Bonchev–Trinajstić information content (AvgIpc) is 2.55. The highest BCUT2D eigenvalue weighted by atomic mass is 16.3. The van der Waals surface area contributed by atoms with E-state index in [0.717, 1.165) is 24.0 Å². The summed E-state index contributed by atoms with van der Waals surface area (Å²) in [6.07, 6.45) is 5.40. The lowest BCUT2D eigenvalue weighted by Gasteiger charge is -2.23. The molecule has 134 valence electrons. The number of unbranched alkanes of at least 4 members (excludes halogenated alkanes) is 1. The third-order valence-electron chi connectivity index (χ3n) is 4.62. The summed E-state index contributed by atoms with van der Waals surface area (Å²) in [5.41, 5.74) is -0.848. The van der Waals surface area contributed by atoms with E-state index in [9.17, 15) is 14.7 Å². The van der Waals surface area contributed by atoms with Gasteiger partial charge in [0.05, 0.1) is 31.7 Å².